The van der Waals surface area contributed by atoms with Crippen LogP contribution in [0.1, 0.15) is 41.6 Å². The van der Waals surface area contributed by atoms with Crippen molar-refractivity contribution in [1.29, 1.82) is 0 Å². The normalized spacial score (nSPS) is 14.8. The number of hydrogen-bond acceptors (Lipinski definition) is 1. The molecule has 0 aliphatic heterocycles. The topological polar surface area (TPSA) is 29.1 Å². The molecule has 2 aromatic rings. The van der Waals surface area contributed by atoms with Gasteiger partial charge in [0.15, 0.2) is 0 Å². The van der Waals surface area contributed by atoms with Crippen LogP contribution in [0.4, 0.5) is 0 Å². The highest BCUT2D eigenvalue weighted by Crippen LogP contribution is 2.31. The fraction of sp³-hybridized carbons (Fsp3) is 0.211. The molecule has 0 atom stereocenters. The Balaban J connectivity index is 1.88. The second-order valence-electron chi connectivity index (χ2n) is 5.49. The largest absolute Gasteiger partial charge is 0.325 e. The number of carbonyl (C=O) groups excluding carboxylic acids is 1. The van der Waals surface area contributed by atoms with Crippen molar-refractivity contribution in [3.8, 4) is 0 Å². The van der Waals surface area contributed by atoms with Crippen LogP contribution in [0.3, 0.4) is 0 Å². The van der Waals surface area contributed by atoms with E-state index in [4.69, 9.17) is 11.6 Å². The maximum absolute atomic E-state index is 12.4. The summed E-state index contributed by atoms with van der Waals surface area (Å²) in [6, 6.07) is 17.3. The molecule has 1 N–H and O–H groups in total. The van der Waals surface area contributed by atoms with E-state index in [2.05, 4.69) is 17.4 Å². The molecule has 0 heterocycles. The van der Waals surface area contributed by atoms with Gasteiger partial charge in [-0.1, -0.05) is 48.0 Å². The van der Waals surface area contributed by atoms with E-state index in [0.29, 0.717) is 10.6 Å². The van der Waals surface area contributed by atoms with Gasteiger partial charge in [0, 0.05) is 16.3 Å². The predicted molar refractivity (Wildman–Crippen MR) is 90.7 cm³/mol. The fourth-order valence-electron chi connectivity index (χ4n) is 2.84. The number of nitrogens with one attached hydrogen (secondary N) is 1. The molecule has 1 amide bonds. The first-order valence-electron chi connectivity index (χ1n) is 7.58. The summed E-state index contributed by atoms with van der Waals surface area (Å²) in [6.45, 7) is 0. The van der Waals surface area contributed by atoms with Gasteiger partial charge in [-0.15, -0.1) is 0 Å². The van der Waals surface area contributed by atoms with Crippen molar-refractivity contribution < 1.29 is 4.79 Å². The smallest absolute Gasteiger partial charge is 0.255 e. The van der Waals surface area contributed by atoms with Crippen molar-refractivity contribution in [1.82, 2.24) is 5.32 Å². The van der Waals surface area contributed by atoms with Crippen molar-refractivity contribution in [3.63, 3.8) is 0 Å². The molecule has 0 spiro atoms. The Morgan fingerprint density at radius 1 is 0.955 bits per heavy atom. The summed E-state index contributed by atoms with van der Waals surface area (Å²) < 4.78 is 0. The highest BCUT2D eigenvalue weighted by molar-refractivity contribution is 6.31. The Morgan fingerprint density at radius 3 is 2.50 bits per heavy atom. The lowest BCUT2D eigenvalue weighted by Gasteiger charge is -2.21. The van der Waals surface area contributed by atoms with Crippen molar-refractivity contribution in [2.24, 2.45) is 0 Å². The zero-order chi connectivity index (χ0) is 15.4. The standard InChI is InChI=1S/C19H18ClNO/c20-16-10-6-9-15(13-16)19(22)21-18-12-5-4-11-17(18)14-7-2-1-3-8-14/h1-3,6-10,13H,4-5,11-12H2,(H,21,22). The monoisotopic (exact) mass is 311 g/mol. The molecule has 22 heavy (non-hydrogen) atoms. The first-order chi connectivity index (χ1) is 10.7. The molecule has 112 valence electrons. The zero-order valence-corrected chi connectivity index (χ0v) is 13.1. The summed E-state index contributed by atoms with van der Waals surface area (Å²) in [5.74, 6) is -0.0900. The van der Waals surface area contributed by atoms with Gasteiger partial charge in [0.05, 0.1) is 0 Å². The predicted octanol–water partition coefficient (Wildman–Crippen LogP) is 5.06. The Bertz CT molecular complexity index is 706. The van der Waals surface area contributed by atoms with Crippen molar-refractivity contribution in [2.75, 3.05) is 0 Å². The SMILES string of the molecule is O=C(NC1=C(c2ccccc2)CCCC1)c1cccc(Cl)c1. The molecule has 0 bridgehead atoms. The summed E-state index contributed by atoms with van der Waals surface area (Å²) in [6.07, 6.45) is 4.20. The minimum absolute atomic E-state index is 0.0900. The van der Waals surface area contributed by atoms with Crippen LogP contribution in [0.15, 0.2) is 60.3 Å². The van der Waals surface area contributed by atoms with Crippen LogP contribution in [-0.2, 0) is 0 Å². The Hall–Kier alpha value is -2.06. The van der Waals surface area contributed by atoms with E-state index in [1.165, 1.54) is 17.6 Å². The molecule has 3 heteroatoms. The van der Waals surface area contributed by atoms with Gasteiger partial charge >= 0.3 is 0 Å². The molecular weight excluding hydrogens is 294 g/mol. The third-order valence-electron chi connectivity index (χ3n) is 3.94. The van der Waals surface area contributed by atoms with Crippen LogP contribution in [0.5, 0.6) is 0 Å². The van der Waals surface area contributed by atoms with Crippen molar-refractivity contribution >= 4 is 23.1 Å². The summed E-state index contributed by atoms with van der Waals surface area (Å²) in [7, 11) is 0. The minimum Gasteiger partial charge on any atom is -0.325 e. The van der Waals surface area contributed by atoms with Crippen molar-refractivity contribution in [2.45, 2.75) is 25.7 Å². The number of halogens is 1. The molecule has 0 aromatic heterocycles. The lowest BCUT2D eigenvalue weighted by Crippen LogP contribution is -2.25. The lowest BCUT2D eigenvalue weighted by atomic mass is 9.91. The number of benzene rings is 2. The fourth-order valence-corrected chi connectivity index (χ4v) is 3.03. The van der Waals surface area contributed by atoms with Gasteiger partial charge in [0.25, 0.3) is 5.91 Å². The lowest BCUT2D eigenvalue weighted by molar-refractivity contribution is 0.0964. The molecule has 0 fully saturated rings. The van der Waals surface area contributed by atoms with Gasteiger partial charge < -0.3 is 5.32 Å². The minimum atomic E-state index is -0.0900. The Kier molecular flexibility index (Phi) is 4.59. The van der Waals surface area contributed by atoms with Gasteiger partial charge in [-0.05, 0) is 55.0 Å². The third-order valence-corrected chi connectivity index (χ3v) is 4.18. The van der Waals surface area contributed by atoms with E-state index in [1.54, 1.807) is 24.3 Å². The molecule has 1 aliphatic carbocycles. The number of rotatable bonds is 3. The summed E-state index contributed by atoms with van der Waals surface area (Å²) >= 11 is 5.96. The molecule has 2 aromatic carbocycles. The second-order valence-corrected chi connectivity index (χ2v) is 5.93. The number of allylic oxidation sites excluding steroid dienone is 2. The van der Waals surface area contributed by atoms with Gasteiger partial charge in [-0.25, -0.2) is 0 Å². The highest BCUT2D eigenvalue weighted by Gasteiger charge is 2.17. The van der Waals surface area contributed by atoms with Crippen LogP contribution in [0.2, 0.25) is 5.02 Å². The van der Waals surface area contributed by atoms with E-state index < -0.39 is 0 Å². The molecule has 0 radical (unpaired) electrons. The zero-order valence-electron chi connectivity index (χ0n) is 12.3. The molecule has 2 nitrogen and oxygen atoms in total. The molecule has 0 saturated carbocycles. The maximum Gasteiger partial charge on any atom is 0.255 e. The first-order valence-corrected chi connectivity index (χ1v) is 7.96. The van der Waals surface area contributed by atoms with Gasteiger partial charge in [-0.3, -0.25) is 4.79 Å². The van der Waals surface area contributed by atoms with E-state index in [-0.39, 0.29) is 5.91 Å². The molecule has 0 unspecified atom stereocenters. The van der Waals surface area contributed by atoms with E-state index in [1.807, 2.05) is 18.2 Å². The van der Waals surface area contributed by atoms with E-state index >= 15 is 0 Å². The Morgan fingerprint density at radius 2 is 1.73 bits per heavy atom. The molecular formula is C19H18ClNO. The van der Waals surface area contributed by atoms with Gasteiger partial charge in [0.2, 0.25) is 0 Å². The average Bonchev–Trinajstić information content (AvgIpc) is 2.56. The summed E-state index contributed by atoms with van der Waals surface area (Å²) in [4.78, 5) is 12.4. The third kappa shape index (κ3) is 3.40. The molecule has 3 rings (SSSR count). The first kappa shape index (κ1) is 14.9. The molecule has 1 aliphatic rings. The van der Waals surface area contributed by atoms with Crippen LogP contribution < -0.4 is 5.32 Å². The Labute approximate surface area is 135 Å². The van der Waals surface area contributed by atoms with Crippen LogP contribution in [-0.4, -0.2) is 5.91 Å². The summed E-state index contributed by atoms with van der Waals surface area (Å²) in [5, 5.41) is 3.67. The average molecular weight is 312 g/mol. The summed E-state index contributed by atoms with van der Waals surface area (Å²) in [5.41, 5.74) is 4.09. The van der Waals surface area contributed by atoms with E-state index in [0.717, 1.165) is 25.0 Å². The van der Waals surface area contributed by atoms with Crippen LogP contribution >= 0.6 is 11.6 Å². The van der Waals surface area contributed by atoms with Crippen molar-refractivity contribution in [3.05, 3.63) is 76.4 Å². The van der Waals surface area contributed by atoms with Gasteiger partial charge in [0.1, 0.15) is 0 Å². The molecule has 0 saturated heterocycles. The van der Waals surface area contributed by atoms with Crippen LogP contribution in [0.25, 0.3) is 5.57 Å². The van der Waals surface area contributed by atoms with Crippen LogP contribution in [0, 0.1) is 0 Å². The number of amides is 1. The second kappa shape index (κ2) is 6.80. The maximum atomic E-state index is 12.4. The van der Waals surface area contributed by atoms with E-state index in [9.17, 15) is 4.79 Å². The quantitative estimate of drug-likeness (QED) is 0.844. The highest BCUT2D eigenvalue weighted by atomic mass is 35.5. The number of hydrogen-bond donors (Lipinski definition) is 1. The van der Waals surface area contributed by atoms with Gasteiger partial charge in [-0.2, -0.15) is 0 Å². The number of carbonyl (C=O) groups is 1.